The average molecular weight is 314 g/mol. The van der Waals surface area contributed by atoms with Gasteiger partial charge in [0.2, 0.25) is 0 Å². The zero-order chi connectivity index (χ0) is 16.2. The van der Waals surface area contributed by atoms with Crippen molar-refractivity contribution in [1.82, 2.24) is 9.78 Å². The van der Waals surface area contributed by atoms with Crippen molar-refractivity contribution in [3.05, 3.63) is 51.9 Å². The lowest BCUT2D eigenvalue weighted by molar-refractivity contribution is 0.122. The molecule has 0 amide bonds. The summed E-state index contributed by atoms with van der Waals surface area (Å²) in [6, 6.07) is 8.34. The fraction of sp³-hybridized carbons (Fsp3) is 0.412. The molecule has 1 N–H and O–H groups in total. The van der Waals surface area contributed by atoms with Crippen molar-refractivity contribution >= 4 is 11.4 Å². The van der Waals surface area contributed by atoms with E-state index in [1.54, 1.807) is 13.2 Å². The van der Waals surface area contributed by atoms with E-state index < -0.39 is 0 Å². The maximum atomic E-state index is 12.0. The van der Waals surface area contributed by atoms with Gasteiger partial charge in [-0.15, -0.1) is 0 Å². The molecule has 1 aliphatic rings. The van der Waals surface area contributed by atoms with E-state index in [0.29, 0.717) is 12.1 Å². The van der Waals surface area contributed by atoms with Crippen molar-refractivity contribution in [1.29, 1.82) is 0 Å². The normalized spacial score (nSPS) is 14.8. The first-order chi connectivity index (χ1) is 11.2. The molecule has 6 nitrogen and oxygen atoms in total. The standard InChI is InChI=1S/C17H22N4O2/c1-13-15(12-19-20(2)17(13)22)18-11-14-5-3-4-6-16(14)21-7-9-23-10-8-21/h3-6,12,18H,7-11H2,1-2H3. The predicted molar refractivity (Wildman–Crippen MR) is 91.0 cm³/mol. The second-order valence-electron chi connectivity index (χ2n) is 5.69. The third kappa shape index (κ3) is 3.37. The van der Waals surface area contributed by atoms with E-state index >= 15 is 0 Å². The SMILES string of the molecule is Cc1c(NCc2ccccc2N2CCOCC2)cnn(C)c1=O. The lowest BCUT2D eigenvalue weighted by Gasteiger charge is -2.30. The number of benzene rings is 1. The lowest BCUT2D eigenvalue weighted by Crippen LogP contribution is -2.36. The number of ether oxygens (including phenoxy) is 1. The van der Waals surface area contributed by atoms with E-state index in [2.05, 4.69) is 33.5 Å². The summed E-state index contributed by atoms with van der Waals surface area (Å²) < 4.78 is 6.78. The molecule has 0 unspecified atom stereocenters. The Kier molecular flexibility index (Phi) is 4.62. The minimum absolute atomic E-state index is 0.0727. The van der Waals surface area contributed by atoms with Gasteiger partial charge in [-0.05, 0) is 18.6 Å². The topological polar surface area (TPSA) is 59.4 Å². The van der Waals surface area contributed by atoms with Gasteiger partial charge in [0.05, 0.1) is 25.1 Å². The van der Waals surface area contributed by atoms with E-state index in [4.69, 9.17) is 4.74 Å². The molecule has 1 aromatic heterocycles. The van der Waals surface area contributed by atoms with Gasteiger partial charge >= 0.3 is 0 Å². The van der Waals surface area contributed by atoms with Crippen molar-refractivity contribution < 1.29 is 4.74 Å². The first-order valence-electron chi connectivity index (χ1n) is 7.84. The molecule has 122 valence electrons. The van der Waals surface area contributed by atoms with E-state index in [-0.39, 0.29) is 5.56 Å². The molecule has 1 aromatic carbocycles. The van der Waals surface area contributed by atoms with Crippen LogP contribution in [0.15, 0.2) is 35.3 Å². The predicted octanol–water partition coefficient (Wildman–Crippen LogP) is 1.54. The van der Waals surface area contributed by atoms with Gasteiger partial charge in [-0.1, -0.05) is 18.2 Å². The highest BCUT2D eigenvalue weighted by Gasteiger charge is 2.14. The summed E-state index contributed by atoms with van der Waals surface area (Å²) >= 11 is 0. The Labute approximate surface area is 135 Å². The van der Waals surface area contributed by atoms with Crippen LogP contribution in [0.2, 0.25) is 0 Å². The highest BCUT2D eigenvalue weighted by molar-refractivity contribution is 5.56. The molecule has 1 fully saturated rings. The molecule has 3 rings (SSSR count). The van der Waals surface area contributed by atoms with Gasteiger partial charge in [-0.25, -0.2) is 4.68 Å². The monoisotopic (exact) mass is 314 g/mol. The summed E-state index contributed by atoms with van der Waals surface area (Å²) in [5, 5.41) is 7.42. The number of hydrogen-bond donors (Lipinski definition) is 1. The summed E-state index contributed by atoms with van der Waals surface area (Å²) in [6.07, 6.45) is 1.70. The molecular formula is C17H22N4O2. The third-order valence-corrected chi connectivity index (χ3v) is 4.19. The molecule has 6 heteroatoms. The molecule has 1 aliphatic heterocycles. The van der Waals surface area contributed by atoms with Crippen LogP contribution in [0.4, 0.5) is 11.4 Å². The molecule has 0 bridgehead atoms. The largest absolute Gasteiger partial charge is 0.379 e. The van der Waals surface area contributed by atoms with Gasteiger partial charge in [0.15, 0.2) is 0 Å². The van der Waals surface area contributed by atoms with E-state index in [1.165, 1.54) is 15.9 Å². The Morgan fingerprint density at radius 3 is 2.78 bits per heavy atom. The van der Waals surface area contributed by atoms with Crippen LogP contribution in [-0.4, -0.2) is 36.1 Å². The van der Waals surface area contributed by atoms with Crippen molar-refractivity contribution in [3.63, 3.8) is 0 Å². The van der Waals surface area contributed by atoms with Crippen molar-refractivity contribution in [3.8, 4) is 0 Å². The maximum Gasteiger partial charge on any atom is 0.271 e. The minimum atomic E-state index is -0.0727. The molecular weight excluding hydrogens is 292 g/mol. The number of nitrogens with zero attached hydrogens (tertiary/aromatic N) is 3. The minimum Gasteiger partial charge on any atom is -0.379 e. The Balaban J connectivity index is 1.78. The number of morpholine rings is 1. The molecule has 0 spiro atoms. The molecule has 0 atom stereocenters. The molecule has 23 heavy (non-hydrogen) atoms. The van der Waals surface area contributed by atoms with Gasteiger partial charge < -0.3 is 15.0 Å². The van der Waals surface area contributed by atoms with Gasteiger partial charge in [0, 0.05) is 37.9 Å². The Hall–Kier alpha value is -2.34. The van der Waals surface area contributed by atoms with Crippen LogP contribution < -0.4 is 15.8 Å². The highest BCUT2D eigenvalue weighted by atomic mass is 16.5. The smallest absolute Gasteiger partial charge is 0.271 e. The van der Waals surface area contributed by atoms with Gasteiger partial charge in [-0.2, -0.15) is 5.10 Å². The first kappa shape index (κ1) is 15.6. The number of nitrogens with one attached hydrogen (secondary N) is 1. The third-order valence-electron chi connectivity index (χ3n) is 4.19. The second kappa shape index (κ2) is 6.83. The summed E-state index contributed by atoms with van der Waals surface area (Å²) in [7, 11) is 1.66. The summed E-state index contributed by atoms with van der Waals surface area (Å²) in [6.45, 7) is 5.81. The summed E-state index contributed by atoms with van der Waals surface area (Å²) in [4.78, 5) is 14.3. The number of aromatic nitrogens is 2. The first-order valence-corrected chi connectivity index (χ1v) is 7.84. The van der Waals surface area contributed by atoms with E-state index in [1.807, 2.05) is 13.0 Å². The molecule has 0 radical (unpaired) electrons. The average Bonchev–Trinajstić information content (AvgIpc) is 2.60. The quantitative estimate of drug-likeness (QED) is 0.927. The molecule has 0 saturated carbocycles. The number of rotatable bonds is 4. The fourth-order valence-electron chi connectivity index (χ4n) is 2.79. The Morgan fingerprint density at radius 1 is 1.26 bits per heavy atom. The molecule has 0 aliphatic carbocycles. The zero-order valence-corrected chi connectivity index (χ0v) is 13.6. The lowest BCUT2D eigenvalue weighted by atomic mass is 10.1. The van der Waals surface area contributed by atoms with Gasteiger partial charge in [0.25, 0.3) is 5.56 Å². The van der Waals surface area contributed by atoms with Gasteiger partial charge in [-0.3, -0.25) is 4.79 Å². The maximum absolute atomic E-state index is 12.0. The van der Waals surface area contributed by atoms with Crippen LogP contribution in [0.25, 0.3) is 0 Å². The van der Waals surface area contributed by atoms with Crippen LogP contribution in [0.3, 0.4) is 0 Å². The van der Waals surface area contributed by atoms with Crippen LogP contribution in [-0.2, 0) is 18.3 Å². The van der Waals surface area contributed by atoms with Gasteiger partial charge in [0.1, 0.15) is 0 Å². The van der Waals surface area contributed by atoms with Crippen LogP contribution in [0.1, 0.15) is 11.1 Å². The number of hydrogen-bond acceptors (Lipinski definition) is 5. The highest BCUT2D eigenvalue weighted by Crippen LogP contribution is 2.22. The van der Waals surface area contributed by atoms with Crippen LogP contribution in [0.5, 0.6) is 0 Å². The molecule has 1 saturated heterocycles. The number of aryl methyl sites for hydroxylation is 1. The fourth-order valence-corrected chi connectivity index (χ4v) is 2.79. The Morgan fingerprint density at radius 2 is 2.00 bits per heavy atom. The van der Waals surface area contributed by atoms with E-state index in [9.17, 15) is 4.79 Å². The Bertz CT molecular complexity index is 736. The van der Waals surface area contributed by atoms with E-state index in [0.717, 1.165) is 32.0 Å². The van der Waals surface area contributed by atoms with Crippen LogP contribution >= 0.6 is 0 Å². The van der Waals surface area contributed by atoms with Crippen LogP contribution in [0, 0.1) is 6.92 Å². The van der Waals surface area contributed by atoms with Crippen molar-refractivity contribution in [2.45, 2.75) is 13.5 Å². The zero-order valence-electron chi connectivity index (χ0n) is 13.6. The molecule has 2 aromatic rings. The van der Waals surface area contributed by atoms with Crippen molar-refractivity contribution in [2.75, 3.05) is 36.5 Å². The summed E-state index contributed by atoms with van der Waals surface area (Å²) in [5.74, 6) is 0. The summed E-state index contributed by atoms with van der Waals surface area (Å²) in [5.41, 5.74) is 3.82. The van der Waals surface area contributed by atoms with Crippen molar-refractivity contribution in [2.24, 2.45) is 7.05 Å². The number of para-hydroxylation sites is 1. The second-order valence-corrected chi connectivity index (χ2v) is 5.69. The molecule has 2 heterocycles. The number of anilines is 2.